The van der Waals surface area contributed by atoms with Gasteiger partial charge in [-0.3, -0.25) is 14.9 Å². The van der Waals surface area contributed by atoms with Gasteiger partial charge < -0.3 is 10.2 Å². The van der Waals surface area contributed by atoms with Gasteiger partial charge in [-0.05, 0) is 29.8 Å². The van der Waals surface area contributed by atoms with Crippen LogP contribution in [0.15, 0.2) is 47.6 Å². The first-order chi connectivity index (χ1) is 10.5. The lowest BCUT2D eigenvalue weighted by Crippen LogP contribution is -2.17. The number of nitrogens with one attached hydrogen (secondary N) is 1. The molecule has 2 rings (SSSR count). The van der Waals surface area contributed by atoms with Crippen molar-refractivity contribution < 1.29 is 19.9 Å². The fourth-order valence-electron chi connectivity index (χ4n) is 1.61. The minimum Gasteiger partial charge on any atom is -0.504 e. The molecule has 0 bridgehead atoms. The summed E-state index contributed by atoms with van der Waals surface area (Å²) in [6, 6.07) is 9.25. The van der Waals surface area contributed by atoms with Gasteiger partial charge in [0.2, 0.25) is 0 Å². The molecule has 0 radical (unpaired) electrons. The SMILES string of the molecule is O=C(NN=Cc1ccc(O)c(O)c1)c1cccc([N+](=O)[O-])c1. The molecule has 8 heteroatoms. The molecule has 2 aromatic rings. The van der Waals surface area contributed by atoms with Crippen molar-refractivity contribution in [3.63, 3.8) is 0 Å². The maximum absolute atomic E-state index is 11.8. The largest absolute Gasteiger partial charge is 0.504 e. The standard InChI is InChI=1S/C14H11N3O5/c18-12-5-4-9(6-13(12)19)8-15-16-14(20)10-2-1-3-11(7-10)17(21)22/h1-8,18-19H,(H,16,20). The van der Waals surface area contributed by atoms with Crippen LogP contribution in [0.2, 0.25) is 0 Å². The van der Waals surface area contributed by atoms with Gasteiger partial charge in [0.1, 0.15) is 0 Å². The number of aromatic hydroxyl groups is 2. The Morgan fingerprint density at radius 3 is 2.64 bits per heavy atom. The van der Waals surface area contributed by atoms with E-state index >= 15 is 0 Å². The third-order valence-electron chi connectivity index (χ3n) is 2.70. The second kappa shape index (κ2) is 6.35. The second-order valence-electron chi connectivity index (χ2n) is 4.25. The molecule has 0 atom stereocenters. The number of rotatable bonds is 4. The molecule has 0 unspecified atom stereocenters. The number of nitro benzene ring substituents is 1. The van der Waals surface area contributed by atoms with Crippen LogP contribution in [0.4, 0.5) is 5.69 Å². The molecule has 0 aliphatic rings. The average Bonchev–Trinajstić information content (AvgIpc) is 2.51. The van der Waals surface area contributed by atoms with Crippen molar-refractivity contribution in [1.29, 1.82) is 0 Å². The Morgan fingerprint density at radius 2 is 1.95 bits per heavy atom. The molecule has 0 aliphatic carbocycles. The van der Waals surface area contributed by atoms with Crippen LogP contribution >= 0.6 is 0 Å². The van der Waals surface area contributed by atoms with Crippen LogP contribution in [0.25, 0.3) is 0 Å². The van der Waals surface area contributed by atoms with Gasteiger partial charge in [-0.1, -0.05) is 6.07 Å². The Hall–Kier alpha value is -3.42. The molecule has 3 N–H and O–H groups in total. The highest BCUT2D eigenvalue weighted by Crippen LogP contribution is 2.23. The summed E-state index contributed by atoms with van der Waals surface area (Å²) in [5.41, 5.74) is 2.57. The van der Waals surface area contributed by atoms with Crippen molar-refractivity contribution in [3.05, 3.63) is 63.7 Å². The molecule has 8 nitrogen and oxygen atoms in total. The van der Waals surface area contributed by atoms with Crippen LogP contribution < -0.4 is 5.43 Å². The van der Waals surface area contributed by atoms with Gasteiger partial charge >= 0.3 is 0 Å². The molecule has 1 amide bonds. The number of hydrogen-bond donors (Lipinski definition) is 3. The monoisotopic (exact) mass is 301 g/mol. The summed E-state index contributed by atoms with van der Waals surface area (Å²) >= 11 is 0. The number of phenols is 2. The zero-order valence-corrected chi connectivity index (χ0v) is 11.1. The first-order valence-electron chi connectivity index (χ1n) is 6.07. The lowest BCUT2D eigenvalue weighted by molar-refractivity contribution is -0.384. The van der Waals surface area contributed by atoms with E-state index < -0.39 is 10.8 Å². The summed E-state index contributed by atoms with van der Waals surface area (Å²) in [6.45, 7) is 0. The molecule has 2 aromatic carbocycles. The van der Waals surface area contributed by atoms with E-state index in [1.807, 2.05) is 0 Å². The van der Waals surface area contributed by atoms with Crippen LogP contribution in [-0.2, 0) is 0 Å². The Balaban J connectivity index is 2.06. The van der Waals surface area contributed by atoms with Crippen molar-refractivity contribution in [3.8, 4) is 11.5 Å². The fourth-order valence-corrected chi connectivity index (χ4v) is 1.61. The van der Waals surface area contributed by atoms with Crippen molar-refractivity contribution in [2.24, 2.45) is 5.10 Å². The smallest absolute Gasteiger partial charge is 0.271 e. The van der Waals surface area contributed by atoms with E-state index in [1.165, 1.54) is 42.6 Å². The minimum absolute atomic E-state index is 0.0971. The molecule has 22 heavy (non-hydrogen) atoms. The predicted octanol–water partition coefficient (Wildman–Crippen LogP) is 1.77. The number of hydrogen-bond acceptors (Lipinski definition) is 6. The maximum atomic E-state index is 11.8. The topological polar surface area (TPSA) is 125 Å². The van der Waals surface area contributed by atoms with E-state index in [2.05, 4.69) is 10.5 Å². The molecule has 0 saturated carbocycles. The molecule has 0 heterocycles. The first kappa shape index (κ1) is 15.0. The fraction of sp³-hybridized carbons (Fsp3) is 0. The Labute approximate surface area is 124 Å². The Morgan fingerprint density at radius 1 is 1.18 bits per heavy atom. The van der Waals surface area contributed by atoms with Gasteiger partial charge in [-0.2, -0.15) is 5.10 Å². The van der Waals surface area contributed by atoms with E-state index in [0.717, 1.165) is 6.07 Å². The van der Waals surface area contributed by atoms with Gasteiger partial charge in [0.05, 0.1) is 11.1 Å². The van der Waals surface area contributed by atoms with E-state index in [4.69, 9.17) is 5.11 Å². The number of nitrogens with zero attached hydrogens (tertiary/aromatic N) is 2. The number of amides is 1. The number of phenolic OH excluding ortho intramolecular Hbond substituents is 2. The number of non-ortho nitro benzene ring substituents is 1. The Bertz CT molecular complexity index is 758. The molecule has 0 spiro atoms. The predicted molar refractivity (Wildman–Crippen MR) is 77.9 cm³/mol. The summed E-state index contributed by atoms with van der Waals surface area (Å²) in [6.07, 6.45) is 1.26. The lowest BCUT2D eigenvalue weighted by Gasteiger charge is -2.00. The highest BCUT2D eigenvalue weighted by atomic mass is 16.6. The highest BCUT2D eigenvalue weighted by molar-refractivity contribution is 5.95. The van der Waals surface area contributed by atoms with Gasteiger partial charge in [0.15, 0.2) is 11.5 Å². The molecule has 0 aromatic heterocycles. The normalized spacial score (nSPS) is 10.5. The van der Waals surface area contributed by atoms with Crippen molar-refractivity contribution in [2.75, 3.05) is 0 Å². The molecule has 0 fully saturated rings. The number of hydrazone groups is 1. The average molecular weight is 301 g/mol. The van der Waals surface area contributed by atoms with Gasteiger partial charge in [-0.15, -0.1) is 0 Å². The van der Waals surface area contributed by atoms with Crippen LogP contribution in [0.5, 0.6) is 11.5 Å². The first-order valence-corrected chi connectivity index (χ1v) is 6.07. The van der Waals surface area contributed by atoms with Crippen molar-refractivity contribution in [2.45, 2.75) is 0 Å². The number of benzene rings is 2. The van der Waals surface area contributed by atoms with Gasteiger partial charge in [-0.25, -0.2) is 5.43 Å². The summed E-state index contributed by atoms with van der Waals surface area (Å²) in [5.74, 6) is -1.19. The third kappa shape index (κ3) is 3.57. The second-order valence-corrected chi connectivity index (χ2v) is 4.25. The summed E-state index contributed by atoms with van der Waals surface area (Å²) in [4.78, 5) is 21.8. The molecule has 112 valence electrons. The quantitative estimate of drug-likeness (QED) is 0.343. The van der Waals surface area contributed by atoms with E-state index in [0.29, 0.717) is 5.56 Å². The lowest BCUT2D eigenvalue weighted by atomic mass is 10.2. The summed E-state index contributed by atoms with van der Waals surface area (Å²) < 4.78 is 0. The van der Waals surface area contributed by atoms with Crippen molar-refractivity contribution >= 4 is 17.8 Å². The molecular formula is C14H11N3O5. The van der Waals surface area contributed by atoms with E-state index in [-0.39, 0.29) is 22.7 Å². The molecule has 0 saturated heterocycles. The third-order valence-corrected chi connectivity index (χ3v) is 2.70. The molecule has 0 aliphatic heterocycles. The van der Waals surface area contributed by atoms with Gasteiger partial charge in [0, 0.05) is 17.7 Å². The molecular weight excluding hydrogens is 290 g/mol. The number of carbonyl (C=O) groups excluding carboxylic acids is 1. The summed E-state index contributed by atoms with van der Waals surface area (Å²) in [7, 11) is 0. The van der Waals surface area contributed by atoms with Crippen LogP contribution in [0.1, 0.15) is 15.9 Å². The van der Waals surface area contributed by atoms with Crippen LogP contribution in [0.3, 0.4) is 0 Å². The zero-order valence-electron chi connectivity index (χ0n) is 11.1. The number of nitro groups is 1. The Kier molecular flexibility index (Phi) is 4.33. The van der Waals surface area contributed by atoms with E-state index in [9.17, 15) is 20.0 Å². The van der Waals surface area contributed by atoms with E-state index in [1.54, 1.807) is 0 Å². The highest BCUT2D eigenvalue weighted by Gasteiger charge is 2.10. The number of carbonyl (C=O) groups is 1. The van der Waals surface area contributed by atoms with Crippen molar-refractivity contribution in [1.82, 2.24) is 5.43 Å². The zero-order chi connectivity index (χ0) is 16.1. The maximum Gasteiger partial charge on any atom is 0.271 e. The van der Waals surface area contributed by atoms with Crippen LogP contribution in [0, 0.1) is 10.1 Å². The van der Waals surface area contributed by atoms with Gasteiger partial charge in [0.25, 0.3) is 11.6 Å². The summed E-state index contributed by atoms with van der Waals surface area (Å²) in [5, 5.41) is 32.8. The van der Waals surface area contributed by atoms with Crippen LogP contribution in [-0.4, -0.2) is 27.3 Å². The minimum atomic E-state index is -0.608.